The van der Waals surface area contributed by atoms with Crippen molar-refractivity contribution in [3.05, 3.63) is 23.1 Å². The molecule has 0 saturated carbocycles. The largest absolute Gasteiger partial charge is 0.731 e. The van der Waals surface area contributed by atoms with E-state index < -0.39 is 11.1 Å². The van der Waals surface area contributed by atoms with Gasteiger partial charge in [-0.05, 0) is 6.07 Å². The van der Waals surface area contributed by atoms with Gasteiger partial charge in [0.05, 0.1) is 0 Å². The second-order valence-corrected chi connectivity index (χ2v) is 1.88. The summed E-state index contributed by atoms with van der Waals surface area (Å²) < 4.78 is 4.57. The third-order valence-corrected chi connectivity index (χ3v) is 1.14. The molecular weight excluding hydrogens is 166 g/mol. The van der Waals surface area contributed by atoms with Crippen LogP contribution in [0.1, 0.15) is 10.6 Å². The molecule has 1 amide bonds. The topological polar surface area (TPSA) is 115 Å². The Morgan fingerprint density at radius 3 is 2.83 bits per heavy atom. The molecule has 0 radical (unpaired) electrons. The van der Waals surface area contributed by atoms with Crippen LogP contribution in [0.5, 0.6) is 0 Å². The number of nitrogens with two attached hydrogens (primary N) is 1. The molecule has 0 spiro atoms. The van der Waals surface area contributed by atoms with Crippen LogP contribution in [0.3, 0.4) is 0 Å². The van der Waals surface area contributed by atoms with Gasteiger partial charge >= 0.3 is 5.91 Å². The fourth-order valence-electron chi connectivity index (χ4n) is 0.624. The highest BCUT2D eigenvalue weighted by molar-refractivity contribution is 5.91. The molecule has 66 valence electrons. The Hall–Kier alpha value is -1.57. The van der Waals surface area contributed by atoms with Crippen LogP contribution < -0.4 is 16.5 Å². The lowest BCUT2D eigenvalue weighted by atomic mass is 10.4. The number of carbonyl (C=O) groups is 1. The molecule has 0 saturated heterocycles. The van der Waals surface area contributed by atoms with Crippen molar-refractivity contribution in [2.75, 3.05) is 5.23 Å². The lowest BCUT2D eigenvalue weighted by Gasteiger charge is -2.16. The van der Waals surface area contributed by atoms with Gasteiger partial charge in [-0.1, -0.05) is 0 Å². The molecule has 0 aliphatic carbocycles. The lowest BCUT2D eigenvalue weighted by Crippen LogP contribution is -2.29. The Morgan fingerprint density at radius 1 is 1.75 bits per heavy atom. The Morgan fingerprint density at radius 2 is 2.42 bits per heavy atom. The molecule has 12 heavy (non-hydrogen) atoms. The lowest BCUT2D eigenvalue weighted by molar-refractivity contribution is 0.0925. The molecule has 7 heteroatoms. The van der Waals surface area contributed by atoms with Crippen molar-refractivity contribution >= 4 is 11.8 Å². The van der Waals surface area contributed by atoms with E-state index in [9.17, 15) is 10.0 Å². The van der Waals surface area contributed by atoms with Gasteiger partial charge in [-0.2, -0.15) is 0 Å². The monoisotopic (exact) mass is 172 g/mol. The van der Waals surface area contributed by atoms with Gasteiger partial charge in [-0.3, -0.25) is 20.7 Å². The van der Waals surface area contributed by atoms with Crippen molar-refractivity contribution in [2.45, 2.75) is 0 Å². The molecule has 0 aromatic carbocycles. The maximum Gasteiger partial charge on any atom is 0.300 e. The minimum atomic E-state index is -0.678. The molecule has 1 aromatic heterocycles. The van der Waals surface area contributed by atoms with E-state index in [0.717, 1.165) is 6.07 Å². The van der Waals surface area contributed by atoms with E-state index in [1.54, 1.807) is 5.43 Å². The number of nitrogens with one attached hydrogen (secondary N) is 1. The van der Waals surface area contributed by atoms with E-state index in [-0.39, 0.29) is 11.6 Å². The molecule has 0 atom stereocenters. The zero-order valence-electron chi connectivity index (χ0n) is 5.85. The third kappa shape index (κ3) is 1.53. The SMILES string of the molecule is NNC(=O)c1ccc(N([O-])O)o1. The third-order valence-electron chi connectivity index (χ3n) is 1.14. The molecule has 0 aliphatic heterocycles. The fourth-order valence-corrected chi connectivity index (χ4v) is 0.624. The van der Waals surface area contributed by atoms with Gasteiger partial charge < -0.3 is 9.62 Å². The van der Waals surface area contributed by atoms with Crippen LogP contribution in [0.15, 0.2) is 16.5 Å². The quantitative estimate of drug-likeness (QED) is 0.317. The number of hydrogen-bond acceptors (Lipinski definition) is 6. The van der Waals surface area contributed by atoms with E-state index >= 15 is 0 Å². The van der Waals surface area contributed by atoms with Crippen molar-refractivity contribution in [1.29, 1.82) is 0 Å². The Balaban J connectivity index is 2.84. The summed E-state index contributed by atoms with van der Waals surface area (Å²) in [7, 11) is 0. The molecule has 0 unspecified atom stereocenters. The molecule has 4 N–H and O–H groups in total. The van der Waals surface area contributed by atoms with Crippen LogP contribution in [-0.4, -0.2) is 11.1 Å². The van der Waals surface area contributed by atoms with Crippen LogP contribution in [0, 0.1) is 5.21 Å². The van der Waals surface area contributed by atoms with Crippen LogP contribution in [0.25, 0.3) is 0 Å². The van der Waals surface area contributed by atoms with Gasteiger partial charge in [0.15, 0.2) is 5.76 Å². The zero-order chi connectivity index (χ0) is 9.14. The number of carbonyl (C=O) groups excluding carboxylic acids is 1. The highest BCUT2D eigenvalue weighted by Crippen LogP contribution is 2.15. The molecule has 1 rings (SSSR count). The van der Waals surface area contributed by atoms with E-state index in [0.29, 0.717) is 0 Å². The first-order chi connectivity index (χ1) is 5.65. The van der Waals surface area contributed by atoms with Gasteiger partial charge in [-0.25, -0.2) is 5.84 Å². The summed E-state index contributed by atoms with van der Waals surface area (Å²) in [4.78, 5) is 10.7. The minimum Gasteiger partial charge on any atom is -0.731 e. The summed E-state index contributed by atoms with van der Waals surface area (Å²) >= 11 is 0. The highest BCUT2D eigenvalue weighted by Gasteiger charge is 2.08. The number of nitrogens with zero attached hydrogens (tertiary/aromatic N) is 1. The zero-order valence-corrected chi connectivity index (χ0v) is 5.85. The van der Waals surface area contributed by atoms with Crippen LogP contribution in [0.4, 0.5) is 5.88 Å². The second-order valence-electron chi connectivity index (χ2n) is 1.88. The first kappa shape index (κ1) is 8.53. The van der Waals surface area contributed by atoms with Crippen molar-refractivity contribution in [3.63, 3.8) is 0 Å². The summed E-state index contributed by atoms with van der Waals surface area (Å²) in [5.41, 5.74) is 1.80. The van der Waals surface area contributed by atoms with Crippen molar-refractivity contribution in [2.24, 2.45) is 5.84 Å². The number of anilines is 1. The number of hydrazine groups is 1. The summed E-state index contributed by atoms with van der Waals surface area (Å²) in [6.07, 6.45) is 0. The van der Waals surface area contributed by atoms with Crippen molar-refractivity contribution in [1.82, 2.24) is 5.43 Å². The summed E-state index contributed by atoms with van der Waals surface area (Å²) in [5.74, 6) is 3.57. The van der Waals surface area contributed by atoms with Crippen molar-refractivity contribution < 1.29 is 14.4 Å². The fraction of sp³-hybridized carbons (Fsp3) is 0. The van der Waals surface area contributed by atoms with E-state index in [4.69, 9.17) is 11.0 Å². The summed E-state index contributed by atoms with van der Waals surface area (Å²) in [5, 5.41) is 18.0. The minimum absolute atomic E-state index is 0.151. The summed E-state index contributed by atoms with van der Waals surface area (Å²) in [6.45, 7) is 0. The van der Waals surface area contributed by atoms with Crippen LogP contribution in [-0.2, 0) is 0 Å². The number of hydrogen-bond donors (Lipinski definition) is 3. The van der Waals surface area contributed by atoms with Gasteiger partial charge in [0.1, 0.15) is 0 Å². The smallest absolute Gasteiger partial charge is 0.300 e. The Labute approximate surface area is 66.9 Å². The standard InChI is InChI=1S/C5H6N3O4/c6-7-5(9)3-1-2-4(12-3)8(10)11/h1-2,10H,6H2,(H,7,9)/q-1. The average molecular weight is 172 g/mol. The Bertz CT molecular complexity index is 282. The maximum absolute atomic E-state index is 10.7. The van der Waals surface area contributed by atoms with Crippen LogP contribution >= 0.6 is 0 Å². The van der Waals surface area contributed by atoms with Gasteiger partial charge in [0, 0.05) is 6.07 Å². The molecule has 0 aliphatic rings. The number of rotatable bonds is 2. The predicted molar refractivity (Wildman–Crippen MR) is 38.0 cm³/mol. The Kier molecular flexibility index (Phi) is 2.29. The molecule has 0 bridgehead atoms. The second kappa shape index (κ2) is 3.22. The van der Waals surface area contributed by atoms with E-state index in [2.05, 4.69) is 4.42 Å². The summed E-state index contributed by atoms with van der Waals surface area (Å²) in [6, 6.07) is 2.34. The molecule has 7 nitrogen and oxygen atoms in total. The molecular formula is C5H6N3O4-. The number of amides is 1. The number of furan rings is 1. The number of nitrogen functional groups attached to an aromatic ring is 1. The normalized spacial score (nSPS) is 9.58. The average Bonchev–Trinajstić information content (AvgIpc) is 2.51. The molecule has 0 fully saturated rings. The first-order valence-corrected chi connectivity index (χ1v) is 2.92. The van der Waals surface area contributed by atoms with Crippen LogP contribution in [0.2, 0.25) is 0 Å². The van der Waals surface area contributed by atoms with Gasteiger partial charge in [0.25, 0.3) is 0 Å². The van der Waals surface area contributed by atoms with Gasteiger partial charge in [0.2, 0.25) is 5.88 Å². The van der Waals surface area contributed by atoms with E-state index in [1.807, 2.05) is 0 Å². The first-order valence-electron chi connectivity index (χ1n) is 2.92. The molecule has 1 aromatic rings. The highest BCUT2D eigenvalue weighted by atomic mass is 16.8. The molecule has 1 heterocycles. The van der Waals surface area contributed by atoms with E-state index in [1.165, 1.54) is 6.07 Å². The predicted octanol–water partition coefficient (Wildman–Crippen LogP) is -0.424. The van der Waals surface area contributed by atoms with Crippen molar-refractivity contribution in [3.8, 4) is 0 Å². The maximum atomic E-state index is 10.7. The van der Waals surface area contributed by atoms with Gasteiger partial charge in [-0.15, -0.1) is 0 Å².